The molecule has 0 spiro atoms. The third-order valence-electron chi connectivity index (χ3n) is 4.25. The smallest absolute Gasteiger partial charge is 0.182 e. The van der Waals surface area contributed by atoms with Crippen molar-refractivity contribution in [3.05, 3.63) is 47.9 Å². The van der Waals surface area contributed by atoms with E-state index < -0.39 is 0 Å². The Morgan fingerprint density at radius 1 is 1.24 bits per heavy atom. The Bertz CT molecular complexity index is 723. The van der Waals surface area contributed by atoms with E-state index in [4.69, 9.17) is 9.47 Å². The molecule has 7 heteroatoms. The number of aromatic nitrogens is 2. The van der Waals surface area contributed by atoms with Crippen LogP contribution >= 0.6 is 0 Å². The van der Waals surface area contributed by atoms with E-state index in [0.29, 0.717) is 18.1 Å². The SMILES string of the molecule is COc1ccc(C(CNc2nccnc2C#N)N2CCOCC2)cc1. The number of morpholine rings is 1. The van der Waals surface area contributed by atoms with Gasteiger partial charge in [-0.1, -0.05) is 12.1 Å². The largest absolute Gasteiger partial charge is 0.497 e. The third kappa shape index (κ3) is 4.24. The van der Waals surface area contributed by atoms with Crippen molar-refractivity contribution < 1.29 is 9.47 Å². The Morgan fingerprint density at radius 2 is 1.96 bits per heavy atom. The number of methoxy groups -OCH3 is 1. The zero-order valence-corrected chi connectivity index (χ0v) is 14.2. The number of hydrogen-bond acceptors (Lipinski definition) is 7. The van der Waals surface area contributed by atoms with Crippen LogP contribution in [0.2, 0.25) is 0 Å². The molecule has 1 unspecified atom stereocenters. The van der Waals surface area contributed by atoms with Crippen molar-refractivity contribution in [3.63, 3.8) is 0 Å². The molecule has 1 aliphatic rings. The van der Waals surface area contributed by atoms with Gasteiger partial charge in [-0.25, -0.2) is 9.97 Å². The highest BCUT2D eigenvalue weighted by Crippen LogP contribution is 2.25. The van der Waals surface area contributed by atoms with E-state index in [9.17, 15) is 5.26 Å². The van der Waals surface area contributed by atoms with E-state index in [1.165, 1.54) is 11.8 Å². The molecule has 1 aromatic carbocycles. The topological polar surface area (TPSA) is 83.3 Å². The summed E-state index contributed by atoms with van der Waals surface area (Å²) in [6.07, 6.45) is 3.10. The van der Waals surface area contributed by atoms with Gasteiger partial charge in [0, 0.05) is 32.0 Å². The number of nitriles is 1. The van der Waals surface area contributed by atoms with Crippen LogP contribution in [0.1, 0.15) is 17.3 Å². The number of nitrogens with zero attached hydrogens (tertiary/aromatic N) is 4. The first-order chi connectivity index (χ1) is 12.3. The van der Waals surface area contributed by atoms with Crippen LogP contribution < -0.4 is 10.1 Å². The molecule has 25 heavy (non-hydrogen) atoms. The van der Waals surface area contributed by atoms with Crippen molar-refractivity contribution in [2.24, 2.45) is 0 Å². The maximum absolute atomic E-state index is 9.17. The summed E-state index contributed by atoms with van der Waals surface area (Å²) in [6, 6.07) is 10.3. The number of hydrogen-bond donors (Lipinski definition) is 1. The van der Waals surface area contributed by atoms with Gasteiger partial charge in [0.1, 0.15) is 11.8 Å². The Morgan fingerprint density at radius 3 is 2.64 bits per heavy atom. The highest BCUT2D eigenvalue weighted by Gasteiger charge is 2.23. The van der Waals surface area contributed by atoms with Gasteiger partial charge in [-0.15, -0.1) is 0 Å². The van der Waals surface area contributed by atoms with Gasteiger partial charge < -0.3 is 14.8 Å². The molecule has 1 fully saturated rings. The number of benzene rings is 1. The molecule has 1 aromatic heterocycles. The fraction of sp³-hybridized carbons (Fsp3) is 0.389. The maximum Gasteiger partial charge on any atom is 0.182 e. The molecule has 130 valence electrons. The van der Waals surface area contributed by atoms with Crippen molar-refractivity contribution in [1.82, 2.24) is 14.9 Å². The van der Waals surface area contributed by atoms with Crippen LogP contribution in [0.3, 0.4) is 0 Å². The van der Waals surface area contributed by atoms with Crippen LogP contribution in [-0.2, 0) is 4.74 Å². The van der Waals surface area contributed by atoms with Crippen molar-refractivity contribution in [2.45, 2.75) is 6.04 Å². The van der Waals surface area contributed by atoms with E-state index in [-0.39, 0.29) is 6.04 Å². The van der Waals surface area contributed by atoms with Gasteiger partial charge in [0.05, 0.1) is 26.4 Å². The van der Waals surface area contributed by atoms with E-state index in [0.717, 1.165) is 32.1 Å². The number of anilines is 1. The Balaban J connectivity index is 1.79. The second-order valence-corrected chi connectivity index (χ2v) is 5.68. The molecule has 0 aliphatic carbocycles. The second-order valence-electron chi connectivity index (χ2n) is 5.68. The molecule has 1 N–H and O–H groups in total. The average Bonchev–Trinajstić information content (AvgIpc) is 2.70. The van der Waals surface area contributed by atoms with E-state index in [1.54, 1.807) is 13.3 Å². The molecule has 1 saturated heterocycles. The normalized spacial score (nSPS) is 16.0. The Hall–Kier alpha value is -2.69. The van der Waals surface area contributed by atoms with Gasteiger partial charge in [-0.2, -0.15) is 5.26 Å². The van der Waals surface area contributed by atoms with Gasteiger partial charge in [-0.3, -0.25) is 4.90 Å². The molecule has 2 aromatic rings. The van der Waals surface area contributed by atoms with Crippen LogP contribution in [0.5, 0.6) is 5.75 Å². The Labute approximate surface area is 147 Å². The van der Waals surface area contributed by atoms with Crippen LogP contribution in [0, 0.1) is 11.3 Å². The number of nitrogens with one attached hydrogen (secondary N) is 1. The van der Waals surface area contributed by atoms with Crippen molar-refractivity contribution in [3.8, 4) is 11.8 Å². The van der Waals surface area contributed by atoms with Crippen LogP contribution in [0.4, 0.5) is 5.82 Å². The fourth-order valence-electron chi connectivity index (χ4n) is 2.92. The standard InChI is InChI=1S/C18H21N5O2/c1-24-15-4-2-14(3-5-15)17(23-8-10-25-11-9-23)13-22-18-16(12-19)20-6-7-21-18/h2-7,17H,8-11,13H2,1H3,(H,21,22). The minimum Gasteiger partial charge on any atom is -0.497 e. The summed E-state index contributed by atoms with van der Waals surface area (Å²) in [5.41, 5.74) is 1.48. The zero-order valence-electron chi connectivity index (χ0n) is 14.2. The van der Waals surface area contributed by atoms with Gasteiger partial charge in [0.15, 0.2) is 11.5 Å². The summed E-state index contributed by atoms with van der Waals surface area (Å²) in [6.45, 7) is 3.80. The molecule has 0 radical (unpaired) electrons. The zero-order chi connectivity index (χ0) is 17.5. The number of ether oxygens (including phenoxy) is 2. The molecule has 2 heterocycles. The van der Waals surface area contributed by atoms with Crippen LogP contribution in [-0.4, -0.2) is 54.8 Å². The first-order valence-corrected chi connectivity index (χ1v) is 8.22. The van der Waals surface area contributed by atoms with Gasteiger partial charge in [0.2, 0.25) is 0 Å². The molecule has 0 amide bonds. The molecule has 7 nitrogen and oxygen atoms in total. The summed E-state index contributed by atoms with van der Waals surface area (Å²) >= 11 is 0. The first-order valence-electron chi connectivity index (χ1n) is 8.22. The highest BCUT2D eigenvalue weighted by atomic mass is 16.5. The van der Waals surface area contributed by atoms with Crippen LogP contribution in [0.15, 0.2) is 36.7 Å². The van der Waals surface area contributed by atoms with Gasteiger partial charge in [-0.05, 0) is 17.7 Å². The molecule has 0 bridgehead atoms. The van der Waals surface area contributed by atoms with Crippen molar-refractivity contribution in [1.29, 1.82) is 5.26 Å². The minimum atomic E-state index is 0.142. The lowest BCUT2D eigenvalue weighted by Gasteiger charge is -2.35. The van der Waals surface area contributed by atoms with Crippen LogP contribution in [0.25, 0.3) is 0 Å². The highest BCUT2D eigenvalue weighted by molar-refractivity contribution is 5.47. The molecular formula is C18H21N5O2. The fourth-order valence-corrected chi connectivity index (χ4v) is 2.92. The lowest BCUT2D eigenvalue weighted by Crippen LogP contribution is -2.41. The van der Waals surface area contributed by atoms with Gasteiger partial charge in [0.25, 0.3) is 0 Å². The van der Waals surface area contributed by atoms with Crippen molar-refractivity contribution in [2.75, 3.05) is 45.3 Å². The third-order valence-corrected chi connectivity index (χ3v) is 4.25. The van der Waals surface area contributed by atoms with E-state index in [1.807, 2.05) is 12.1 Å². The summed E-state index contributed by atoms with van der Waals surface area (Å²) < 4.78 is 10.7. The predicted octanol–water partition coefficient (Wildman–Crippen LogP) is 1.84. The minimum absolute atomic E-state index is 0.142. The van der Waals surface area contributed by atoms with Gasteiger partial charge >= 0.3 is 0 Å². The summed E-state index contributed by atoms with van der Waals surface area (Å²) in [7, 11) is 1.66. The monoisotopic (exact) mass is 339 g/mol. The Kier molecular flexibility index (Phi) is 5.77. The quantitative estimate of drug-likeness (QED) is 0.860. The predicted molar refractivity (Wildman–Crippen MR) is 93.4 cm³/mol. The summed E-state index contributed by atoms with van der Waals surface area (Å²) in [4.78, 5) is 10.7. The lowest BCUT2D eigenvalue weighted by atomic mass is 10.0. The van der Waals surface area contributed by atoms with E-state index >= 15 is 0 Å². The summed E-state index contributed by atoms with van der Waals surface area (Å²) in [5.74, 6) is 1.34. The first kappa shape index (κ1) is 17.1. The lowest BCUT2D eigenvalue weighted by molar-refractivity contribution is 0.0187. The average molecular weight is 339 g/mol. The molecule has 1 aliphatic heterocycles. The van der Waals surface area contributed by atoms with Crippen molar-refractivity contribution >= 4 is 5.82 Å². The molecule has 1 atom stereocenters. The van der Waals surface area contributed by atoms with E-state index in [2.05, 4.69) is 38.4 Å². The molecule has 3 rings (SSSR count). The summed E-state index contributed by atoms with van der Waals surface area (Å²) in [5, 5.41) is 12.5. The second kappa shape index (κ2) is 8.42. The molecule has 0 saturated carbocycles. The molecular weight excluding hydrogens is 318 g/mol. The maximum atomic E-state index is 9.17. The number of rotatable bonds is 6.